The fourth-order valence-electron chi connectivity index (χ4n) is 2.94. The Balaban J connectivity index is 1.77. The van der Waals surface area contributed by atoms with E-state index in [1.54, 1.807) is 17.8 Å². The molecule has 5 heteroatoms. The third kappa shape index (κ3) is 2.77. The third-order valence-corrected chi connectivity index (χ3v) is 6.06. The first-order chi connectivity index (χ1) is 11.6. The van der Waals surface area contributed by atoms with Crippen LogP contribution in [0.15, 0.2) is 60.7 Å². The molecule has 0 radical (unpaired) electrons. The van der Waals surface area contributed by atoms with Gasteiger partial charge in [-0.15, -0.1) is 11.8 Å². The van der Waals surface area contributed by atoms with Crippen LogP contribution in [-0.2, 0) is 4.79 Å². The molecule has 0 saturated carbocycles. The number of benzene rings is 3. The quantitative estimate of drug-likeness (QED) is 0.555. The molecule has 4 rings (SSSR count). The number of halogens is 2. The molecule has 1 heterocycles. The van der Waals surface area contributed by atoms with Crippen LogP contribution in [0.25, 0.3) is 10.8 Å². The minimum atomic E-state index is -0.0894. The summed E-state index contributed by atoms with van der Waals surface area (Å²) < 4.78 is 0. The Kier molecular flexibility index (Phi) is 4.17. The molecule has 1 atom stereocenters. The maximum absolute atomic E-state index is 12.5. The normalized spacial score (nSPS) is 17.7. The Bertz CT molecular complexity index is 944. The van der Waals surface area contributed by atoms with Crippen molar-refractivity contribution >= 4 is 57.3 Å². The molecule has 24 heavy (non-hydrogen) atoms. The Morgan fingerprint density at radius 3 is 2.50 bits per heavy atom. The number of hydrogen-bond acceptors (Lipinski definition) is 2. The first kappa shape index (κ1) is 15.8. The van der Waals surface area contributed by atoms with E-state index < -0.39 is 0 Å². The van der Waals surface area contributed by atoms with E-state index in [1.165, 1.54) is 0 Å². The average molecular weight is 374 g/mol. The van der Waals surface area contributed by atoms with Crippen molar-refractivity contribution in [2.45, 2.75) is 5.37 Å². The lowest BCUT2D eigenvalue weighted by atomic mass is 10.1. The molecule has 1 aliphatic rings. The molecular formula is C19H13Cl2NOS. The lowest BCUT2D eigenvalue weighted by Crippen LogP contribution is -2.27. The third-order valence-electron chi connectivity index (χ3n) is 4.11. The lowest BCUT2D eigenvalue weighted by Gasteiger charge is -2.25. The predicted molar refractivity (Wildman–Crippen MR) is 103 cm³/mol. The Morgan fingerprint density at radius 2 is 1.71 bits per heavy atom. The second-order valence-electron chi connectivity index (χ2n) is 5.63. The minimum Gasteiger partial charge on any atom is -0.295 e. The van der Waals surface area contributed by atoms with E-state index in [0.29, 0.717) is 15.8 Å². The van der Waals surface area contributed by atoms with Crippen LogP contribution in [0, 0.1) is 0 Å². The summed E-state index contributed by atoms with van der Waals surface area (Å²) >= 11 is 13.8. The first-order valence-electron chi connectivity index (χ1n) is 7.51. The molecule has 3 aromatic rings. The topological polar surface area (TPSA) is 20.3 Å². The number of rotatable bonds is 2. The molecule has 0 spiro atoms. The van der Waals surface area contributed by atoms with E-state index in [2.05, 4.69) is 18.2 Å². The largest absolute Gasteiger partial charge is 0.295 e. The highest BCUT2D eigenvalue weighted by Gasteiger charge is 2.34. The summed E-state index contributed by atoms with van der Waals surface area (Å²) in [6, 6.07) is 19.8. The summed E-state index contributed by atoms with van der Waals surface area (Å²) in [6.45, 7) is 0. The highest BCUT2D eigenvalue weighted by Crippen LogP contribution is 2.43. The number of carbonyl (C=O) groups is 1. The molecule has 0 bridgehead atoms. The van der Waals surface area contributed by atoms with E-state index in [-0.39, 0.29) is 11.3 Å². The zero-order chi connectivity index (χ0) is 16.7. The maximum atomic E-state index is 12.5. The van der Waals surface area contributed by atoms with Crippen molar-refractivity contribution < 1.29 is 4.79 Å². The first-order valence-corrected chi connectivity index (χ1v) is 9.31. The zero-order valence-corrected chi connectivity index (χ0v) is 14.9. The summed E-state index contributed by atoms with van der Waals surface area (Å²) in [5, 5.41) is 3.22. The molecule has 1 amide bonds. The van der Waals surface area contributed by atoms with Gasteiger partial charge < -0.3 is 0 Å². The molecule has 0 aliphatic carbocycles. The highest BCUT2D eigenvalue weighted by molar-refractivity contribution is 8.00. The Hall–Kier alpha value is -1.68. The molecular weight excluding hydrogens is 361 g/mol. The van der Waals surface area contributed by atoms with Crippen LogP contribution >= 0.6 is 35.0 Å². The standard InChI is InChI=1S/C19H13Cl2NOS/c20-16-8-6-14(10-17(16)21)19-22(18(23)11-24-19)15-7-5-12-3-1-2-4-13(12)9-15/h1-10,19H,11H2/t19-/m0/s1. The van der Waals surface area contributed by atoms with E-state index >= 15 is 0 Å². The molecule has 2 nitrogen and oxygen atoms in total. The molecule has 0 aromatic heterocycles. The number of nitrogens with zero attached hydrogens (tertiary/aromatic N) is 1. The predicted octanol–water partition coefficient (Wildman–Crippen LogP) is 5.93. The van der Waals surface area contributed by atoms with Gasteiger partial charge in [0.2, 0.25) is 5.91 Å². The number of fused-ring (bicyclic) bond motifs is 1. The fraction of sp³-hybridized carbons (Fsp3) is 0.105. The summed E-state index contributed by atoms with van der Waals surface area (Å²) in [5.74, 6) is 0.559. The van der Waals surface area contributed by atoms with Crippen LogP contribution in [-0.4, -0.2) is 11.7 Å². The molecule has 120 valence electrons. The molecule has 1 saturated heterocycles. The number of thioether (sulfide) groups is 1. The van der Waals surface area contributed by atoms with Crippen molar-refractivity contribution in [3.63, 3.8) is 0 Å². The Labute approximate surface area is 154 Å². The van der Waals surface area contributed by atoms with Gasteiger partial charge >= 0.3 is 0 Å². The molecule has 1 fully saturated rings. The minimum absolute atomic E-state index is 0.0894. The van der Waals surface area contributed by atoms with Crippen molar-refractivity contribution in [3.8, 4) is 0 Å². The summed E-state index contributed by atoms with van der Waals surface area (Å²) in [7, 11) is 0. The van der Waals surface area contributed by atoms with Gasteiger partial charge in [0.15, 0.2) is 0 Å². The van der Waals surface area contributed by atoms with Crippen LogP contribution in [0.4, 0.5) is 5.69 Å². The summed E-state index contributed by atoms with van der Waals surface area (Å²) in [5.41, 5.74) is 1.88. The van der Waals surface area contributed by atoms with E-state index in [9.17, 15) is 4.79 Å². The SMILES string of the molecule is O=C1CS[C@@H](c2ccc(Cl)c(Cl)c2)N1c1ccc2ccccc2c1. The molecule has 3 aromatic carbocycles. The van der Waals surface area contributed by atoms with Gasteiger partial charge in [0.05, 0.1) is 15.8 Å². The van der Waals surface area contributed by atoms with E-state index in [0.717, 1.165) is 22.0 Å². The van der Waals surface area contributed by atoms with Crippen LogP contribution in [0.1, 0.15) is 10.9 Å². The van der Waals surface area contributed by atoms with E-state index in [1.807, 2.05) is 41.3 Å². The monoisotopic (exact) mass is 373 g/mol. The van der Waals surface area contributed by atoms with Gasteiger partial charge in [0.1, 0.15) is 5.37 Å². The van der Waals surface area contributed by atoms with Gasteiger partial charge in [0, 0.05) is 5.69 Å². The number of hydrogen-bond donors (Lipinski definition) is 0. The van der Waals surface area contributed by atoms with Crippen LogP contribution in [0.5, 0.6) is 0 Å². The fourth-order valence-corrected chi connectivity index (χ4v) is 4.42. The van der Waals surface area contributed by atoms with Crippen molar-refractivity contribution in [1.29, 1.82) is 0 Å². The zero-order valence-electron chi connectivity index (χ0n) is 12.6. The second kappa shape index (κ2) is 6.32. The maximum Gasteiger partial charge on any atom is 0.238 e. The lowest BCUT2D eigenvalue weighted by molar-refractivity contribution is -0.115. The van der Waals surface area contributed by atoms with Gasteiger partial charge in [-0.2, -0.15) is 0 Å². The van der Waals surface area contributed by atoms with Crippen molar-refractivity contribution in [2.24, 2.45) is 0 Å². The highest BCUT2D eigenvalue weighted by atomic mass is 35.5. The van der Waals surface area contributed by atoms with Crippen LogP contribution in [0.3, 0.4) is 0 Å². The number of carbonyl (C=O) groups excluding carboxylic acids is 1. The second-order valence-corrected chi connectivity index (χ2v) is 7.52. The van der Waals surface area contributed by atoms with Crippen LogP contribution in [0.2, 0.25) is 10.0 Å². The molecule has 0 N–H and O–H groups in total. The Morgan fingerprint density at radius 1 is 0.917 bits per heavy atom. The van der Waals surface area contributed by atoms with E-state index in [4.69, 9.17) is 23.2 Å². The van der Waals surface area contributed by atoms with Crippen molar-refractivity contribution in [2.75, 3.05) is 10.7 Å². The van der Waals surface area contributed by atoms with Gasteiger partial charge in [-0.1, -0.05) is 59.6 Å². The van der Waals surface area contributed by atoms with Gasteiger partial charge in [0.25, 0.3) is 0 Å². The smallest absolute Gasteiger partial charge is 0.238 e. The van der Waals surface area contributed by atoms with Gasteiger partial charge in [-0.25, -0.2) is 0 Å². The molecule has 0 unspecified atom stereocenters. The van der Waals surface area contributed by atoms with Crippen molar-refractivity contribution in [1.82, 2.24) is 0 Å². The van der Waals surface area contributed by atoms with Gasteiger partial charge in [-0.05, 0) is 40.6 Å². The summed E-state index contributed by atoms with van der Waals surface area (Å²) in [4.78, 5) is 14.3. The number of amides is 1. The average Bonchev–Trinajstić information content (AvgIpc) is 2.98. The van der Waals surface area contributed by atoms with Gasteiger partial charge in [-0.3, -0.25) is 9.69 Å². The molecule has 1 aliphatic heterocycles. The van der Waals surface area contributed by atoms with Crippen molar-refractivity contribution in [3.05, 3.63) is 76.3 Å². The summed E-state index contributed by atoms with van der Waals surface area (Å²) in [6.07, 6.45) is 0. The van der Waals surface area contributed by atoms with Crippen LogP contribution < -0.4 is 4.90 Å². The number of anilines is 1.